The van der Waals surface area contributed by atoms with E-state index in [-0.39, 0.29) is 4.90 Å². The van der Waals surface area contributed by atoms with E-state index >= 15 is 0 Å². The van der Waals surface area contributed by atoms with Crippen molar-refractivity contribution in [2.45, 2.75) is 11.3 Å². The summed E-state index contributed by atoms with van der Waals surface area (Å²) in [4.78, 5) is 0.251. The van der Waals surface area contributed by atoms with Gasteiger partial charge in [-0.1, -0.05) is 36.4 Å². The molecule has 3 rings (SSSR count). The number of sulfonamides is 1. The molecule has 144 valence electrons. The quantitative estimate of drug-likeness (QED) is 0.719. The first-order valence-corrected chi connectivity index (χ1v) is 10.7. The van der Waals surface area contributed by atoms with Crippen molar-refractivity contribution >= 4 is 33.0 Å². The van der Waals surface area contributed by atoms with Crippen LogP contribution in [0, 0.1) is 0 Å². The molecule has 8 heteroatoms. The number of ether oxygens (including phenoxy) is 1. The third-order valence-corrected chi connectivity index (χ3v) is 6.38. The molecule has 1 saturated heterocycles. The number of nitrogens with zero attached hydrogens (tertiary/aromatic N) is 1. The number of hydrogen-bond donors (Lipinski definition) is 2. The summed E-state index contributed by atoms with van der Waals surface area (Å²) in [6.45, 7) is 2.29. The number of nitrogens with one attached hydrogen (secondary N) is 2. The second-order valence-corrected chi connectivity index (χ2v) is 8.51. The fraction of sp³-hybridized carbons (Fsp3) is 0.316. The molecular formula is C19H23N3O3S2. The summed E-state index contributed by atoms with van der Waals surface area (Å²) in [7, 11) is -3.52. The average molecular weight is 406 g/mol. The summed E-state index contributed by atoms with van der Waals surface area (Å²) < 4.78 is 32.2. The molecule has 0 radical (unpaired) electrons. The minimum atomic E-state index is -3.52. The van der Waals surface area contributed by atoms with E-state index in [9.17, 15) is 8.42 Å². The van der Waals surface area contributed by atoms with Crippen molar-refractivity contribution in [1.82, 2.24) is 9.62 Å². The first kappa shape index (κ1) is 19.8. The van der Waals surface area contributed by atoms with E-state index in [4.69, 9.17) is 17.0 Å². The molecule has 0 saturated carbocycles. The third-order valence-electron chi connectivity index (χ3n) is 4.24. The van der Waals surface area contributed by atoms with Gasteiger partial charge in [0.15, 0.2) is 5.11 Å². The fourth-order valence-electron chi connectivity index (χ4n) is 2.81. The first-order chi connectivity index (χ1) is 13.1. The zero-order valence-corrected chi connectivity index (χ0v) is 16.6. The van der Waals surface area contributed by atoms with E-state index in [0.29, 0.717) is 43.6 Å². The Morgan fingerprint density at radius 3 is 2.56 bits per heavy atom. The highest BCUT2D eigenvalue weighted by Gasteiger charge is 2.26. The lowest BCUT2D eigenvalue weighted by Crippen LogP contribution is -2.40. The molecular weight excluding hydrogens is 382 g/mol. The molecule has 1 heterocycles. The summed E-state index contributed by atoms with van der Waals surface area (Å²) in [6.07, 6.45) is 0.855. The highest BCUT2D eigenvalue weighted by atomic mass is 32.2. The maximum atomic E-state index is 12.7. The molecule has 2 aromatic rings. The molecule has 0 aliphatic carbocycles. The predicted octanol–water partition coefficient (Wildman–Crippen LogP) is 2.24. The van der Waals surface area contributed by atoms with Crippen molar-refractivity contribution in [1.29, 1.82) is 0 Å². The van der Waals surface area contributed by atoms with Crippen LogP contribution >= 0.6 is 12.2 Å². The van der Waals surface area contributed by atoms with Crippen molar-refractivity contribution in [3.63, 3.8) is 0 Å². The molecule has 0 bridgehead atoms. The van der Waals surface area contributed by atoms with E-state index in [0.717, 1.165) is 6.42 Å². The Kier molecular flexibility index (Phi) is 6.78. The Morgan fingerprint density at radius 1 is 1.07 bits per heavy atom. The van der Waals surface area contributed by atoms with E-state index < -0.39 is 10.0 Å². The fourth-order valence-corrected chi connectivity index (χ4v) is 4.48. The molecule has 6 nitrogen and oxygen atoms in total. The molecule has 0 amide bonds. The normalized spacial score (nSPS) is 15.3. The van der Waals surface area contributed by atoms with Gasteiger partial charge in [-0.2, -0.15) is 4.31 Å². The minimum absolute atomic E-state index is 0.251. The third kappa shape index (κ3) is 5.49. The molecule has 1 aliphatic heterocycles. The van der Waals surface area contributed by atoms with Crippen LogP contribution < -0.4 is 10.6 Å². The molecule has 1 fully saturated rings. The van der Waals surface area contributed by atoms with Crippen molar-refractivity contribution < 1.29 is 13.2 Å². The standard InChI is InChI=1S/C19H23N3O3S2/c23-27(24,22-11-13-25-14-12-22)18-8-4-7-17(15-18)21-19(26)20-10-9-16-5-2-1-3-6-16/h1-8,15H,9-14H2,(H2,20,21,26). The van der Waals surface area contributed by atoms with E-state index in [1.54, 1.807) is 24.3 Å². The van der Waals surface area contributed by atoms with Gasteiger partial charge in [0.05, 0.1) is 18.1 Å². The Hall–Kier alpha value is -2.00. The van der Waals surface area contributed by atoms with Crippen molar-refractivity contribution in [2.24, 2.45) is 0 Å². The highest BCUT2D eigenvalue weighted by molar-refractivity contribution is 7.89. The van der Waals surface area contributed by atoms with Gasteiger partial charge in [-0.05, 0) is 42.4 Å². The Morgan fingerprint density at radius 2 is 1.81 bits per heavy atom. The molecule has 27 heavy (non-hydrogen) atoms. The highest BCUT2D eigenvalue weighted by Crippen LogP contribution is 2.20. The number of thiocarbonyl (C=S) groups is 1. The summed E-state index contributed by atoms with van der Waals surface area (Å²) in [5, 5.41) is 6.67. The second-order valence-electron chi connectivity index (χ2n) is 6.16. The van der Waals surface area contributed by atoms with Gasteiger partial charge in [0, 0.05) is 25.3 Å². The summed E-state index contributed by atoms with van der Waals surface area (Å²) in [6, 6.07) is 16.8. The molecule has 0 aromatic heterocycles. The van der Waals surface area contributed by atoms with Crippen LogP contribution in [0.2, 0.25) is 0 Å². The van der Waals surface area contributed by atoms with Crippen LogP contribution in [0.5, 0.6) is 0 Å². The van der Waals surface area contributed by atoms with Gasteiger partial charge >= 0.3 is 0 Å². The van der Waals surface area contributed by atoms with Crippen molar-refractivity contribution in [3.05, 3.63) is 60.2 Å². The summed E-state index contributed by atoms with van der Waals surface area (Å²) in [5.74, 6) is 0. The van der Waals surface area contributed by atoms with E-state index in [2.05, 4.69) is 22.8 Å². The van der Waals surface area contributed by atoms with Crippen LogP contribution in [0.1, 0.15) is 5.56 Å². The monoisotopic (exact) mass is 405 g/mol. The number of anilines is 1. The molecule has 0 atom stereocenters. The number of rotatable bonds is 6. The Labute approximate surface area is 165 Å². The number of morpholine rings is 1. The van der Waals surface area contributed by atoms with Gasteiger partial charge in [-0.25, -0.2) is 8.42 Å². The average Bonchev–Trinajstić information content (AvgIpc) is 2.70. The van der Waals surface area contributed by atoms with Crippen molar-refractivity contribution in [2.75, 3.05) is 38.2 Å². The predicted molar refractivity (Wildman–Crippen MR) is 110 cm³/mol. The largest absolute Gasteiger partial charge is 0.379 e. The molecule has 0 spiro atoms. The minimum Gasteiger partial charge on any atom is -0.379 e. The van der Waals surface area contributed by atoms with Crippen molar-refractivity contribution in [3.8, 4) is 0 Å². The Bertz CT molecular complexity index is 867. The van der Waals surface area contributed by atoms with Gasteiger partial charge in [-0.3, -0.25) is 0 Å². The van der Waals surface area contributed by atoms with E-state index in [1.165, 1.54) is 9.87 Å². The van der Waals surface area contributed by atoms with Crippen LogP contribution in [0.25, 0.3) is 0 Å². The maximum Gasteiger partial charge on any atom is 0.243 e. The zero-order chi connectivity index (χ0) is 19.1. The lowest BCUT2D eigenvalue weighted by molar-refractivity contribution is 0.0730. The number of hydrogen-bond acceptors (Lipinski definition) is 4. The SMILES string of the molecule is O=S(=O)(c1cccc(NC(=S)NCCc2ccccc2)c1)N1CCOCC1. The molecule has 0 unspecified atom stereocenters. The smallest absolute Gasteiger partial charge is 0.243 e. The van der Waals surface area contributed by atoms with E-state index in [1.807, 2.05) is 18.2 Å². The topological polar surface area (TPSA) is 70.7 Å². The Balaban J connectivity index is 1.57. The molecule has 1 aliphatic rings. The van der Waals surface area contributed by atoms with Gasteiger partial charge in [-0.15, -0.1) is 0 Å². The van der Waals surface area contributed by atoms with Crippen LogP contribution in [-0.2, 0) is 21.2 Å². The second kappa shape index (κ2) is 9.27. The number of benzene rings is 2. The molecule has 2 aromatic carbocycles. The van der Waals surface area contributed by atoms with Gasteiger partial charge in [0.25, 0.3) is 0 Å². The lowest BCUT2D eigenvalue weighted by Gasteiger charge is -2.26. The first-order valence-electron chi connectivity index (χ1n) is 8.82. The summed E-state index contributed by atoms with van der Waals surface area (Å²) in [5.41, 5.74) is 1.87. The molecule has 2 N–H and O–H groups in total. The van der Waals surface area contributed by atoms with Crippen LogP contribution in [0.3, 0.4) is 0 Å². The van der Waals surface area contributed by atoms with Crippen LogP contribution in [-0.4, -0.2) is 50.7 Å². The van der Waals surface area contributed by atoms with Gasteiger partial charge < -0.3 is 15.4 Å². The summed E-state index contributed by atoms with van der Waals surface area (Å²) >= 11 is 5.31. The zero-order valence-electron chi connectivity index (χ0n) is 14.9. The maximum absolute atomic E-state index is 12.7. The lowest BCUT2D eigenvalue weighted by atomic mass is 10.1. The van der Waals surface area contributed by atoms with Crippen LogP contribution in [0.4, 0.5) is 5.69 Å². The van der Waals surface area contributed by atoms with Gasteiger partial charge in [0.2, 0.25) is 10.0 Å². The van der Waals surface area contributed by atoms with Crippen LogP contribution in [0.15, 0.2) is 59.5 Å². The van der Waals surface area contributed by atoms with Gasteiger partial charge in [0.1, 0.15) is 0 Å².